The number of hydrogen-bond acceptors (Lipinski definition) is 6. The number of rotatable bonds is 5. The number of nitro groups is 1. The largest absolute Gasteiger partial charge is 0.381 e. The number of non-ortho nitro benzene ring substituents is 1. The van der Waals surface area contributed by atoms with Crippen LogP contribution in [0.3, 0.4) is 0 Å². The normalized spacial score (nSPS) is 15.8. The van der Waals surface area contributed by atoms with Crippen molar-refractivity contribution >= 4 is 11.7 Å². The van der Waals surface area contributed by atoms with Crippen molar-refractivity contribution in [1.82, 2.24) is 5.48 Å². The van der Waals surface area contributed by atoms with Crippen LogP contribution >= 0.6 is 0 Å². The molecule has 1 aromatic rings. The minimum Gasteiger partial charge on any atom is -0.381 e. The first kappa shape index (κ1) is 14.4. The highest BCUT2D eigenvalue weighted by Crippen LogP contribution is 2.16. The van der Waals surface area contributed by atoms with Crippen molar-refractivity contribution in [2.24, 2.45) is 5.92 Å². The third kappa shape index (κ3) is 4.01. The van der Waals surface area contributed by atoms with Crippen LogP contribution in [0.15, 0.2) is 24.3 Å². The van der Waals surface area contributed by atoms with Gasteiger partial charge in [0.1, 0.15) is 0 Å². The van der Waals surface area contributed by atoms with Gasteiger partial charge in [0, 0.05) is 25.3 Å². The van der Waals surface area contributed by atoms with Gasteiger partial charge in [-0.25, -0.2) is 0 Å². The van der Waals surface area contributed by atoms with E-state index >= 15 is 0 Å². The van der Waals surface area contributed by atoms with Crippen LogP contribution in [0.1, 0.15) is 18.4 Å². The fraction of sp³-hybridized carbons (Fsp3) is 0.462. The number of hydroxylamine groups is 1. The average molecular weight is 280 g/mol. The molecule has 0 aromatic heterocycles. The molecular weight excluding hydrogens is 264 g/mol. The van der Waals surface area contributed by atoms with Crippen LogP contribution < -0.4 is 5.48 Å². The molecule has 0 saturated carbocycles. The summed E-state index contributed by atoms with van der Waals surface area (Å²) in [5.74, 6) is -0.400. The molecule has 1 saturated heterocycles. The lowest BCUT2D eigenvalue weighted by Crippen LogP contribution is -2.29. The first-order valence-corrected chi connectivity index (χ1v) is 6.41. The number of carbonyl (C=O) groups is 1. The molecule has 1 aromatic carbocycles. The molecule has 0 spiro atoms. The maximum atomic E-state index is 11.7. The Morgan fingerprint density at radius 3 is 2.60 bits per heavy atom. The first-order valence-electron chi connectivity index (χ1n) is 6.41. The fourth-order valence-electron chi connectivity index (χ4n) is 1.94. The topological polar surface area (TPSA) is 90.7 Å². The van der Waals surface area contributed by atoms with Gasteiger partial charge in [-0.2, -0.15) is 0 Å². The van der Waals surface area contributed by atoms with Gasteiger partial charge in [0.25, 0.3) is 5.69 Å². The van der Waals surface area contributed by atoms with E-state index in [0.717, 1.165) is 5.56 Å². The van der Waals surface area contributed by atoms with Crippen LogP contribution in [0.4, 0.5) is 5.69 Å². The Balaban J connectivity index is 1.74. The minimum atomic E-state index is -0.456. The number of nitro benzene ring substituents is 1. The molecule has 1 heterocycles. The van der Waals surface area contributed by atoms with Crippen molar-refractivity contribution in [2.45, 2.75) is 19.4 Å². The molecule has 7 nitrogen and oxygen atoms in total. The molecule has 20 heavy (non-hydrogen) atoms. The molecule has 0 aliphatic carbocycles. The standard InChI is InChI=1S/C13H16N2O5/c16-13(11-5-7-19-8-6-11)20-14-9-10-1-3-12(4-2-10)15(17)18/h1-4,11,14H,5-9H2. The molecule has 2 rings (SSSR count). The first-order chi connectivity index (χ1) is 9.66. The average Bonchev–Trinajstić information content (AvgIpc) is 2.48. The third-order valence-corrected chi connectivity index (χ3v) is 3.15. The number of nitrogens with zero attached hydrogens (tertiary/aromatic N) is 1. The molecule has 0 amide bonds. The Kier molecular flexibility index (Phi) is 5.03. The van der Waals surface area contributed by atoms with Gasteiger partial charge < -0.3 is 9.57 Å². The van der Waals surface area contributed by atoms with E-state index in [2.05, 4.69) is 5.48 Å². The summed E-state index contributed by atoms with van der Waals surface area (Å²) in [6.07, 6.45) is 1.36. The second kappa shape index (κ2) is 6.97. The summed E-state index contributed by atoms with van der Waals surface area (Å²) < 4.78 is 5.17. The van der Waals surface area contributed by atoms with Crippen molar-refractivity contribution in [3.8, 4) is 0 Å². The van der Waals surface area contributed by atoms with E-state index in [4.69, 9.17) is 9.57 Å². The van der Waals surface area contributed by atoms with Gasteiger partial charge in [-0.3, -0.25) is 14.9 Å². The zero-order valence-corrected chi connectivity index (χ0v) is 10.9. The predicted molar refractivity (Wildman–Crippen MR) is 69.6 cm³/mol. The van der Waals surface area contributed by atoms with E-state index in [-0.39, 0.29) is 17.6 Å². The molecule has 0 bridgehead atoms. The molecule has 108 valence electrons. The van der Waals surface area contributed by atoms with Gasteiger partial charge in [-0.05, 0) is 18.4 Å². The van der Waals surface area contributed by atoms with Gasteiger partial charge >= 0.3 is 5.97 Å². The fourth-order valence-corrected chi connectivity index (χ4v) is 1.94. The molecule has 0 radical (unpaired) electrons. The molecule has 0 atom stereocenters. The van der Waals surface area contributed by atoms with Crippen molar-refractivity contribution < 1.29 is 19.3 Å². The lowest BCUT2D eigenvalue weighted by atomic mass is 10.0. The summed E-state index contributed by atoms with van der Waals surface area (Å²) in [6, 6.07) is 6.06. The van der Waals surface area contributed by atoms with E-state index in [1.807, 2.05) is 0 Å². The predicted octanol–water partition coefficient (Wildman–Crippen LogP) is 1.57. The van der Waals surface area contributed by atoms with Crippen molar-refractivity contribution in [3.63, 3.8) is 0 Å². The van der Waals surface area contributed by atoms with E-state index in [9.17, 15) is 14.9 Å². The van der Waals surface area contributed by atoms with Crippen molar-refractivity contribution in [1.29, 1.82) is 0 Å². The molecule has 7 heteroatoms. The summed E-state index contributed by atoms with van der Waals surface area (Å²) in [7, 11) is 0. The van der Waals surface area contributed by atoms with Crippen LogP contribution in [0, 0.1) is 16.0 Å². The monoisotopic (exact) mass is 280 g/mol. The summed E-state index contributed by atoms with van der Waals surface area (Å²) >= 11 is 0. The van der Waals surface area contributed by atoms with E-state index in [1.54, 1.807) is 12.1 Å². The Hall–Kier alpha value is -1.99. The zero-order valence-electron chi connectivity index (χ0n) is 10.9. The highest BCUT2D eigenvalue weighted by atomic mass is 16.7. The Bertz CT molecular complexity index is 468. The zero-order chi connectivity index (χ0) is 14.4. The molecule has 1 aliphatic heterocycles. The number of hydrogen-bond donors (Lipinski definition) is 1. The maximum Gasteiger partial charge on any atom is 0.327 e. The Labute approximate surface area is 116 Å². The van der Waals surface area contributed by atoms with E-state index in [1.165, 1.54) is 12.1 Å². The van der Waals surface area contributed by atoms with Crippen LogP contribution in [-0.2, 0) is 20.9 Å². The van der Waals surface area contributed by atoms with Gasteiger partial charge in [0.2, 0.25) is 0 Å². The van der Waals surface area contributed by atoms with Crippen molar-refractivity contribution in [2.75, 3.05) is 13.2 Å². The molecule has 1 aliphatic rings. The lowest BCUT2D eigenvalue weighted by Gasteiger charge is -2.20. The van der Waals surface area contributed by atoms with Gasteiger partial charge in [0.15, 0.2) is 0 Å². The minimum absolute atomic E-state index is 0.0351. The highest BCUT2D eigenvalue weighted by Gasteiger charge is 2.23. The molecule has 1 N–H and O–H groups in total. The van der Waals surface area contributed by atoms with Gasteiger partial charge in [-0.15, -0.1) is 5.48 Å². The molecular formula is C13H16N2O5. The highest BCUT2D eigenvalue weighted by molar-refractivity contribution is 5.72. The van der Waals surface area contributed by atoms with Crippen LogP contribution in [0.25, 0.3) is 0 Å². The number of benzene rings is 1. The Morgan fingerprint density at radius 2 is 2.00 bits per heavy atom. The van der Waals surface area contributed by atoms with E-state index in [0.29, 0.717) is 32.6 Å². The van der Waals surface area contributed by atoms with Crippen molar-refractivity contribution in [3.05, 3.63) is 39.9 Å². The summed E-state index contributed by atoms with van der Waals surface area (Å²) in [6.45, 7) is 1.48. The second-order valence-electron chi connectivity index (χ2n) is 4.55. The quantitative estimate of drug-likeness (QED) is 0.650. The Morgan fingerprint density at radius 1 is 1.35 bits per heavy atom. The summed E-state index contributed by atoms with van der Waals surface area (Å²) in [4.78, 5) is 26.7. The number of carbonyl (C=O) groups excluding carboxylic acids is 1. The smallest absolute Gasteiger partial charge is 0.327 e. The summed E-state index contributed by atoms with van der Waals surface area (Å²) in [5.41, 5.74) is 3.42. The second-order valence-corrected chi connectivity index (χ2v) is 4.55. The molecule has 1 fully saturated rings. The lowest BCUT2D eigenvalue weighted by molar-refractivity contribution is -0.384. The van der Waals surface area contributed by atoms with Crippen LogP contribution in [-0.4, -0.2) is 24.1 Å². The van der Waals surface area contributed by atoms with Gasteiger partial charge in [0.05, 0.1) is 17.4 Å². The SMILES string of the molecule is O=C(ONCc1ccc([N+](=O)[O-])cc1)C1CCOCC1. The molecule has 0 unspecified atom stereocenters. The summed E-state index contributed by atoms with van der Waals surface area (Å²) in [5, 5.41) is 10.5. The van der Waals surface area contributed by atoms with Crippen LogP contribution in [0.2, 0.25) is 0 Å². The number of ether oxygens (including phenoxy) is 1. The maximum absolute atomic E-state index is 11.7. The van der Waals surface area contributed by atoms with Gasteiger partial charge in [-0.1, -0.05) is 12.1 Å². The third-order valence-electron chi connectivity index (χ3n) is 3.15. The van der Waals surface area contributed by atoms with E-state index < -0.39 is 4.92 Å². The van der Waals surface area contributed by atoms with Crippen LogP contribution in [0.5, 0.6) is 0 Å². The number of nitrogens with one attached hydrogen (secondary N) is 1.